The normalized spacial score (nSPS) is 9.21. The van der Waals surface area contributed by atoms with E-state index in [1.807, 2.05) is 0 Å². The molecule has 0 bridgehead atoms. The predicted octanol–water partition coefficient (Wildman–Crippen LogP) is 2.50. The number of imidazole rings is 1. The van der Waals surface area contributed by atoms with E-state index in [-0.39, 0.29) is 11.3 Å². The molecular weight excluding hydrogens is 270 g/mol. The summed E-state index contributed by atoms with van der Waals surface area (Å²) >= 11 is 5.82. The van der Waals surface area contributed by atoms with Crippen LogP contribution in [0.15, 0.2) is 30.9 Å². The summed E-state index contributed by atoms with van der Waals surface area (Å²) in [7, 11) is 3.11. The molecule has 1 aromatic carbocycles. The van der Waals surface area contributed by atoms with Gasteiger partial charge in [0.15, 0.2) is 0 Å². The summed E-state index contributed by atoms with van der Waals surface area (Å²) in [6.45, 7) is 0. The standard InChI is InChI=1S/C9H10ClNO3.C3H4N2/c1-11-7-4-8(14-2)5(9(12)13)3-6(7)10;1-2-5-3-4-1/h3-4,11H,1-2H3,(H,12,13);1-3H,(H,4,5). The molecule has 6 nitrogen and oxygen atoms in total. The smallest absolute Gasteiger partial charge is 0.339 e. The summed E-state index contributed by atoms with van der Waals surface area (Å²) in [5, 5.41) is 12.0. The van der Waals surface area contributed by atoms with Crippen LogP contribution in [0.2, 0.25) is 5.02 Å². The van der Waals surface area contributed by atoms with E-state index < -0.39 is 5.97 Å². The van der Waals surface area contributed by atoms with E-state index in [1.54, 1.807) is 31.8 Å². The average Bonchev–Trinajstić information content (AvgIpc) is 2.97. The van der Waals surface area contributed by atoms with Crippen molar-refractivity contribution in [2.45, 2.75) is 0 Å². The summed E-state index contributed by atoms with van der Waals surface area (Å²) in [4.78, 5) is 17.2. The lowest BCUT2D eigenvalue weighted by Crippen LogP contribution is -2.02. The molecule has 7 heteroatoms. The second-order valence-electron chi connectivity index (χ2n) is 3.35. The van der Waals surface area contributed by atoms with Crippen LogP contribution in [-0.2, 0) is 0 Å². The van der Waals surface area contributed by atoms with Crippen LogP contribution in [0.4, 0.5) is 5.69 Å². The zero-order valence-corrected chi connectivity index (χ0v) is 11.2. The number of aromatic carboxylic acids is 1. The Morgan fingerprint density at radius 1 is 1.53 bits per heavy atom. The van der Waals surface area contributed by atoms with E-state index in [0.29, 0.717) is 10.7 Å². The van der Waals surface area contributed by atoms with Crippen molar-refractivity contribution in [2.24, 2.45) is 0 Å². The Labute approximate surface area is 115 Å². The molecule has 2 rings (SSSR count). The van der Waals surface area contributed by atoms with Crippen molar-refractivity contribution in [1.82, 2.24) is 9.97 Å². The van der Waals surface area contributed by atoms with Gasteiger partial charge in [-0.25, -0.2) is 9.78 Å². The van der Waals surface area contributed by atoms with Gasteiger partial charge in [0.25, 0.3) is 0 Å². The number of nitrogens with zero attached hydrogens (tertiary/aromatic N) is 1. The number of carboxylic acid groups (broad SMARTS) is 1. The topological polar surface area (TPSA) is 87.2 Å². The first-order chi connectivity index (χ1) is 9.10. The maximum atomic E-state index is 10.8. The predicted molar refractivity (Wildman–Crippen MR) is 73.1 cm³/mol. The lowest BCUT2D eigenvalue weighted by atomic mass is 10.2. The number of halogens is 1. The van der Waals surface area contributed by atoms with E-state index in [9.17, 15) is 4.79 Å². The molecule has 0 atom stereocenters. The molecule has 1 aromatic heterocycles. The molecule has 2 aromatic rings. The van der Waals surface area contributed by atoms with Gasteiger partial charge in [-0.2, -0.15) is 0 Å². The molecule has 0 fully saturated rings. The van der Waals surface area contributed by atoms with Gasteiger partial charge in [-0.1, -0.05) is 11.6 Å². The zero-order valence-electron chi connectivity index (χ0n) is 10.5. The van der Waals surface area contributed by atoms with Crippen molar-refractivity contribution >= 4 is 23.3 Å². The Balaban J connectivity index is 0.000000300. The Hall–Kier alpha value is -2.21. The van der Waals surface area contributed by atoms with Crippen LogP contribution in [0, 0.1) is 0 Å². The van der Waals surface area contributed by atoms with Gasteiger partial charge in [0.05, 0.1) is 24.1 Å². The molecule has 0 aliphatic carbocycles. The van der Waals surface area contributed by atoms with Gasteiger partial charge >= 0.3 is 5.97 Å². The quantitative estimate of drug-likeness (QED) is 0.805. The molecule has 0 radical (unpaired) electrons. The van der Waals surface area contributed by atoms with Crippen LogP contribution in [-0.4, -0.2) is 35.2 Å². The fourth-order valence-corrected chi connectivity index (χ4v) is 1.55. The molecule has 0 saturated carbocycles. The van der Waals surface area contributed by atoms with Gasteiger partial charge in [0, 0.05) is 25.5 Å². The summed E-state index contributed by atoms with van der Waals surface area (Å²) < 4.78 is 4.92. The molecule has 19 heavy (non-hydrogen) atoms. The number of anilines is 1. The van der Waals surface area contributed by atoms with E-state index in [0.717, 1.165) is 0 Å². The third-order valence-electron chi connectivity index (χ3n) is 2.19. The van der Waals surface area contributed by atoms with Gasteiger partial charge in [0.2, 0.25) is 0 Å². The highest BCUT2D eigenvalue weighted by atomic mass is 35.5. The largest absolute Gasteiger partial charge is 0.496 e. The number of nitrogens with one attached hydrogen (secondary N) is 2. The number of rotatable bonds is 3. The molecule has 102 valence electrons. The second-order valence-corrected chi connectivity index (χ2v) is 3.76. The molecule has 0 amide bonds. The minimum atomic E-state index is -1.06. The Morgan fingerprint density at radius 3 is 2.63 bits per heavy atom. The number of benzene rings is 1. The summed E-state index contributed by atoms with van der Waals surface area (Å²) in [6.07, 6.45) is 5.08. The van der Waals surface area contributed by atoms with Crippen molar-refractivity contribution in [3.63, 3.8) is 0 Å². The van der Waals surface area contributed by atoms with E-state index in [1.165, 1.54) is 13.2 Å². The third kappa shape index (κ3) is 4.18. The van der Waals surface area contributed by atoms with E-state index in [2.05, 4.69) is 15.3 Å². The molecule has 0 saturated heterocycles. The molecule has 0 spiro atoms. The molecule has 0 unspecified atom stereocenters. The van der Waals surface area contributed by atoms with Crippen molar-refractivity contribution in [2.75, 3.05) is 19.5 Å². The monoisotopic (exact) mass is 283 g/mol. The average molecular weight is 284 g/mol. The summed E-state index contributed by atoms with van der Waals surface area (Å²) in [6, 6.07) is 2.90. The summed E-state index contributed by atoms with van der Waals surface area (Å²) in [5.41, 5.74) is 0.685. The number of aromatic amines is 1. The number of hydrogen-bond donors (Lipinski definition) is 3. The molecule has 0 aliphatic heterocycles. The lowest BCUT2D eigenvalue weighted by molar-refractivity contribution is 0.0693. The van der Waals surface area contributed by atoms with Crippen LogP contribution in [0.5, 0.6) is 5.75 Å². The fraction of sp³-hybridized carbons (Fsp3) is 0.167. The van der Waals surface area contributed by atoms with Gasteiger partial charge in [-0.15, -0.1) is 0 Å². The zero-order chi connectivity index (χ0) is 14.3. The van der Waals surface area contributed by atoms with Crippen LogP contribution in [0.3, 0.4) is 0 Å². The Morgan fingerprint density at radius 2 is 2.26 bits per heavy atom. The van der Waals surface area contributed by atoms with Gasteiger partial charge in [0.1, 0.15) is 11.3 Å². The number of H-pyrrole nitrogens is 1. The van der Waals surface area contributed by atoms with Gasteiger partial charge < -0.3 is 20.1 Å². The minimum Gasteiger partial charge on any atom is -0.496 e. The summed E-state index contributed by atoms with van der Waals surface area (Å²) in [5.74, 6) is -0.780. The number of carboxylic acids is 1. The van der Waals surface area contributed by atoms with Crippen LogP contribution < -0.4 is 10.1 Å². The highest BCUT2D eigenvalue weighted by Crippen LogP contribution is 2.30. The first kappa shape index (κ1) is 14.8. The lowest BCUT2D eigenvalue weighted by Gasteiger charge is -2.09. The van der Waals surface area contributed by atoms with Crippen molar-refractivity contribution in [1.29, 1.82) is 0 Å². The maximum Gasteiger partial charge on any atom is 0.339 e. The van der Waals surface area contributed by atoms with Crippen molar-refractivity contribution in [3.05, 3.63) is 41.4 Å². The number of hydrogen-bond acceptors (Lipinski definition) is 4. The number of carbonyl (C=O) groups is 1. The van der Waals surface area contributed by atoms with Crippen LogP contribution >= 0.6 is 11.6 Å². The van der Waals surface area contributed by atoms with E-state index in [4.69, 9.17) is 21.4 Å². The SMILES string of the molecule is CNc1cc(OC)c(C(=O)O)cc1Cl.c1c[nH]cn1. The van der Waals surface area contributed by atoms with Gasteiger partial charge in [-0.05, 0) is 6.07 Å². The molecular formula is C12H14ClN3O3. The fourth-order valence-electron chi connectivity index (χ4n) is 1.30. The minimum absolute atomic E-state index is 0.0523. The highest BCUT2D eigenvalue weighted by Gasteiger charge is 2.13. The number of aromatic nitrogens is 2. The Bertz CT molecular complexity index is 512. The molecule has 0 aliphatic rings. The van der Waals surface area contributed by atoms with Gasteiger partial charge in [-0.3, -0.25) is 0 Å². The highest BCUT2D eigenvalue weighted by molar-refractivity contribution is 6.33. The molecule has 3 N–H and O–H groups in total. The number of methoxy groups -OCH3 is 1. The maximum absolute atomic E-state index is 10.8. The van der Waals surface area contributed by atoms with Crippen LogP contribution in [0.1, 0.15) is 10.4 Å². The second kappa shape index (κ2) is 7.27. The number of ether oxygens (including phenoxy) is 1. The first-order valence-corrected chi connectivity index (χ1v) is 5.69. The molecule has 1 heterocycles. The van der Waals surface area contributed by atoms with Crippen molar-refractivity contribution in [3.8, 4) is 5.75 Å². The Kier molecular flexibility index (Phi) is 5.69. The van der Waals surface area contributed by atoms with Crippen molar-refractivity contribution < 1.29 is 14.6 Å². The third-order valence-corrected chi connectivity index (χ3v) is 2.51. The van der Waals surface area contributed by atoms with E-state index >= 15 is 0 Å². The van der Waals surface area contributed by atoms with Crippen LogP contribution in [0.25, 0.3) is 0 Å². The first-order valence-electron chi connectivity index (χ1n) is 5.31.